The van der Waals surface area contributed by atoms with E-state index in [1.807, 2.05) is 47.4 Å². The van der Waals surface area contributed by atoms with Crippen molar-refractivity contribution in [3.05, 3.63) is 78.4 Å². The van der Waals surface area contributed by atoms with Crippen LogP contribution in [0.4, 0.5) is 0 Å². The molecule has 1 fully saturated rings. The molecule has 6 heteroatoms. The maximum absolute atomic E-state index is 12.9. The third-order valence-corrected chi connectivity index (χ3v) is 4.69. The van der Waals surface area contributed by atoms with Crippen molar-refractivity contribution in [2.75, 3.05) is 13.1 Å². The Bertz CT molecular complexity index is 863. The van der Waals surface area contributed by atoms with Gasteiger partial charge in [-0.25, -0.2) is 0 Å². The fourth-order valence-corrected chi connectivity index (χ4v) is 3.36. The Balaban J connectivity index is 1.55. The summed E-state index contributed by atoms with van der Waals surface area (Å²) in [6.45, 7) is 1.20. The molecule has 0 aliphatic carbocycles. The van der Waals surface area contributed by atoms with E-state index in [4.69, 9.17) is 5.73 Å². The fourth-order valence-electron chi connectivity index (χ4n) is 3.36. The molecule has 0 radical (unpaired) electrons. The summed E-state index contributed by atoms with van der Waals surface area (Å²) in [6.07, 6.45) is 3.22. The van der Waals surface area contributed by atoms with Gasteiger partial charge in [0, 0.05) is 36.3 Å². The van der Waals surface area contributed by atoms with Crippen molar-refractivity contribution in [3.63, 3.8) is 0 Å². The van der Waals surface area contributed by atoms with Crippen molar-refractivity contribution in [1.82, 2.24) is 19.7 Å². The van der Waals surface area contributed by atoms with Crippen LogP contribution in [0.3, 0.4) is 0 Å². The standard InChI is InChI=1S/C19H19N5O/c20-18-11-23(10-17(18)14-5-2-1-3-6-14)19(25)15-7-4-8-16(9-15)24-12-21-22-13-24/h1-9,12-13,17-18H,10-11,20H2/t17-,18+/m1/s1. The highest BCUT2D eigenvalue weighted by Crippen LogP contribution is 2.27. The van der Waals surface area contributed by atoms with Crippen LogP contribution in [-0.2, 0) is 0 Å². The molecule has 0 saturated carbocycles. The Morgan fingerprint density at radius 2 is 1.76 bits per heavy atom. The summed E-state index contributed by atoms with van der Waals surface area (Å²) in [4.78, 5) is 14.8. The largest absolute Gasteiger partial charge is 0.336 e. The molecule has 1 amide bonds. The van der Waals surface area contributed by atoms with Gasteiger partial charge in [0.2, 0.25) is 0 Å². The van der Waals surface area contributed by atoms with E-state index < -0.39 is 0 Å². The molecule has 2 heterocycles. The Morgan fingerprint density at radius 3 is 2.52 bits per heavy atom. The number of likely N-dealkylation sites (tertiary alicyclic amines) is 1. The van der Waals surface area contributed by atoms with Gasteiger partial charge < -0.3 is 10.6 Å². The minimum absolute atomic E-state index is 0.00352. The molecule has 2 aromatic carbocycles. The highest BCUT2D eigenvalue weighted by Gasteiger charge is 2.34. The molecule has 4 rings (SSSR count). The van der Waals surface area contributed by atoms with Crippen LogP contribution in [0, 0.1) is 0 Å². The lowest BCUT2D eigenvalue weighted by atomic mass is 9.95. The summed E-state index contributed by atoms with van der Waals surface area (Å²) in [5.41, 5.74) is 9.00. The van der Waals surface area contributed by atoms with Gasteiger partial charge in [0.15, 0.2) is 0 Å². The van der Waals surface area contributed by atoms with Gasteiger partial charge >= 0.3 is 0 Å². The maximum Gasteiger partial charge on any atom is 0.254 e. The summed E-state index contributed by atoms with van der Waals surface area (Å²) in [7, 11) is 0. The topological polar surface area (TPSA) is 77.0 Å². The van der Waals surface area contributed by atoms with Crippen molar-refractivity contribution in [2.45, 2.75) is 12.0 Å². The lowest BCUT2D eigenvalue weighted by Gasteiger charge is -2.17. The van der Waals surface area contributed by atoms with E-state index in [1.54, 1.807) is 17.2 Å². The predicted molar refractivity (Wildman–Crippen MR) is 94.4 cm³/mol. The van der Waals surface area contributed by atoms with Crippen molar-refractivity contribution in [3.8, 4) is 5.69 Å². The molecular weight excluding hydrogens is 314 g/mol. The van der Waals surface area contributed by atoms with E-state index in [0.717, 1.165) is 5.69 Å². The molecule has 1 aliphatic heterocycles. The average Bonchev–Trinajstić information content (AvgIpc) is 3.32. The Morgan fingerprint density at radius 1 is 1.00 bits per heavy atom. The van der Waals surface area contributed by atoms with Crippen LogP contribution in [0.1, 0.15) is 21.8 Å². The summed E-state index contributed by atoms with van der Waals surface area (Å²) in [5, 5.41) is 7.61. The first-order valence-corrected chi connectivity index (χ1v) is 8.27. The molecule has 2 atom stereocenters. The Kier molecular flexibility index (Phi) is 4.03. The minimum Gasteiger partial charge on any atom is -0.336 e. The number of amides is 1. The summed E-state index contributed by atoms with van der Waals surface area (Å²) >= 11 is 0. The zero-order valence-electron chi connectivity index (χ0n) is 13.7. The number of benzene rings is 2. The van der Waals surface area contributed by atoms with E-state index in [9.17, 15) is 4.79 Å². The zero-order valence-corrected chi connectivity index (χ0v) is 13.7. The van der Waals surface area contributed by atoms with Gasteiger partial charge in [-0.05, 0) is 23.8 Å². The molecule has 0 bridgehead atoms. The first-order valence-electron chi connectivity index (χ1n) is 8.27. The smallest absolute Gasteiger partial charge is 0.254 e. The van der Waals surface area contributed by atoms with Crippen LogP contribution in [0.2, 0.25) is 0 Å². The third-order valence-electron chi connectivity index (χ3n) is 4.69. The van der Waals surface area contributed by atoms with Crippen molar-refractivity contribution in [1.29, 1.82) is 0 Å². The van der Waals surface area contributed by atoms with Crippen molar-refractivity contribution in [2.24, 2.45) is 5.73 Å². The summed E-state index contributed by atoms with van der Waals surface area (Å²) in [5.74, 6) is 0.176. The number of nitrogens with zero attached hydrogens (tertiary/aromatic N) is 4. The van der Waals surface area contributed by atoms with E-state index in [0.29, 0.717) is 18.7 Å². The molecule has 3 aromatic rings. The van der Waals surface area contributed by atoms with Crippen molar-refractivity contribution < 1.29 is 4.79 Å². The summed E-state index contributed by atoms with van der Waals surface area (Å²) < 4.78 is 1.78. The van der Waals surface area contributed by atoms with Crippen LogP contribution in [0.15, 0.2) is 67.3 Å². The zero-order chi connectivity index (χ0) is 17.2. The average molecular weight is 333 g/mol. The van der Waals surface area contributed by atoms with E-state index in [2.05, 4.69) is 22.3 Å². The number of rotatable bonds is 3. The molecule has 25 heavy (non-hydrogen) atoms. The Hall–Kier alpha value is -2.99. The van der Waals surface area contributed by atoms with Gasteiger partial charge in [0.25, 0.3) is 5.91 Å². The molecule has 1 aliphatic rings. The Labute approximate surface area is 145 Å². The lowest BCUT2D eigenvalue weighted by molar-refractivity contribution is 0.0789. The normalized spacial score (nSPS) is 20.0. The maximum atomic E-state index is 12.9. The van der Waals surface area contributed by atoms with Crippen LogP contribution < -0.4 is 5.73 Å². The number of carbonyl (C=O) groups excluding carboxylic acids is 1. The number of carbonyl (C=O) groups is 1. The summed E-state index contributed by atoms with van der Waals surface area (Å²) in [6, 6.07) is 17.6. The number of nitrogens with two attached hydrogens (primary N) is 1. The first-order chi connectivity index (χ1) is 12.2. The van der Waals surface area contributed by atoms with Gasteiger partial charge in [-0.2, -0.15) is 0 Å². The third kappa shape index (κ3) is 3.04. The van der Waals surface area contributed by atoms with Gasteiger partial charge in [-0.3, -0.25) is 9.36 Å². The van der Waals surface area contributed by atoms with Crippen LogP contribution in [-0.4, -0.2) is 44.7 Å². The van der Waals surface area contributed by atoms with Gasteiger partial charge in [0.05, 0.1) is 0 Å². The number of hydrogen-bond donors (Lipinski definition) is 1. The highest BCUT2D eigenvalue weighted by molar-refractivity contribution is 5.95. The van der Waals surface area contributed by atoms with Crippen LogP contribution >= 0.6 is 0 Å². The second-order valence-electron chi connectivity index (χ2n) is 6.31. The molecule has 1 saturated heterocycles. The van der Waals surface area contributed by atoms with Crippen molar-refractivity contribution >= 4 is 5.91 Å². The SMILES string of the molecule is N[C@H]1CN(C(=O)c2cccc(-n3cnnc3)c2)C[C@@H]1c1ccccc1. The second-order valence-corrected chi connectivity index (χ2v) is 6.31. The predicted octanol–water partition coefficient (Wildman–Crippen LogP) is 1.83. The van der Waals surface area contributed by atoms with Gasteiger partial charge in [-0.1, -0.05) is 36.4 Å². The van der Waals surface area contributed by atoms with E-state index in [-0.39, 0.29) is 17.9 Å². The molecular formula is C19H19N5O. The second kappa shape index (κ2) is 6.49. The number of hydrogen-bond acceptors (Lipinski definition) is 4. The molecule has 0 unspecified atom stereocenters. The highest BCUT2D eigenvalue weighted by atomic mass is 16.2. The fraction of sp³-hybridized carbons (Fsp3) is 0.211. The molecule has 126 valence electrons. The van der Waals surface area contributed by atoms with E-state index in [1.165, 1.54) is 5.56 Å². The van der Waals surface area contributed by atoms with E-state index >= 15 is 0 Å². The monoisotopic (exact) mass is 333 g/mol. The quantitative estimate of drug-likeness (QED) is 0.793. The van der Waals surface area contributed by atoms with Gasteiger partial charge in [0.1, 0.15) is 12.7 Å². The minimum atomic E-state index is -0.0487. The number of aromatic nitrogens is 3. The van der Waals surface area contributed by atoms with Crippen LogP contribution in [0.5, 0.6) is 0 Å². The lowest BCUT2D eigenvalue weighted by Crippen LogP contribution is -2.32. The van der Waals surface area contributed by atoms with Crippen LogP contribution in [0.25, 0.3) is 5.69 Å². The molecule has 0 spiro atoms. The first kappa shape index (κ1) is 15.5. The molecule has 1 aromatic heterocycles. The molecule has 6 nitrogen and oxygen atoms in total. The van der Waals surface area contributed by atoms with Gasteiger partial charge in [-0.15, -0.1) is 10.2 Å². The molecule has 2 N–H and O–H groups in total.